The number of phosphoric ester groups is 2. The first-order valence-corrected chi connectivity index (χ1v) is 44.3. The molecule has 7 atom stereocenters. The molecule has 0 aromatic rings. The molecule has 0 amide bonds. The van der Waals surface area contributed by atoms with Crippen LogP contribution in [0.1, 0.15) is 409 Å². The second-order valence-corrected chi connectivity index (χ2v) is 33.1. The summed E-state index contributed by atoms with van der Waals surface area (Å²) >= 11 is 0. The smallest absolute Gasteiger partial charge is 0.462 e. The Morgan fingerprint density at radius 2 is 0.485 bits per heavy atom. The summed E-state index contributed by atoms with van der Waals surface area (Å²) in [6.45, 7) is 14.2. The molecule has 0 aliphatic carbocycles. The third-order valence-corrected chi connectivity index (χ3v) is 21.2. The maximum Gasteiger partial charge on any atom is 0.472 e. The lowest BCUT2D eigenvalue weighted by Crippen LogP contribution is -2.30. The monoisotopic (exact) mass is 1450 g/mol. The Balaban J connectivity index is 5.20. The van der Waals surface area contributed by atoms with Crippen molar-refractivity contribution >= 4 is 39.5 Å². The first-order valence-electron chi connectivity index (χ1n) is 41.3. The van der Waals surface area contributed by atoms with Crippen molar-refractivity contribution in [3.8, 4) is 0 Å². The maximum atomic E-state index is 13.1. The third kappa shape index (κ3) is 71.5. The quantitative estimate of drug-likeness (QED) is 0.0222. The minimum atomic E-state index is -4.96. The van der Waals surface area contributed by atoms with E-state index in [0.717, 1.165) is 114 Å². The van der Waals surface area contributed by atoms with Gasteiger partial charge < -0.3 is 33.8 Å². The van der Waals surface area contributed by atoms with Crippen LogP contribution in [-0.4, -0.2) is 96.7 Å². The van der Waals surface area contributed by atoms with Gasteiger partial charge in [-0.25, -0.2) is 9.13 Å². The van der Waals surface area contributed by atoms with Crippen molar-refractivity contribution in [1.29, 1.82) is 0 Å². The SMILES string of the molecule is CCC(C)CCCCCCCCCCCCCCCCCCCCC(=O)O[C@H](COC(=O)CCCCCCCCCCCCC(C)CC)COP(=O)(O)OC[C@@H](O)COP(=O)(O)OC[C@@H](COC(=O)CCCCCCCCC(C)C)OC(=O)CCCCCCCCCCCCCC(C)C. The second kappa shape index (κ2) is 69.1. The number of unbranched alkanes of at least 4 members (excludes halogenated alkanes) is 41. The number of esters is 4. The van der Waals surface area contributed by atoms with E-state index in [9.17, 15) is 43.2 Å². The van der Waals surface area contributed by atoms with Crippen LogP contribution in [0.2, 0.25) is 0 Å². The summed E-state index contributed by atoms with van der Waals surface area (Å²) < 4.78 is 68.6. The fraction of sp³-hybridized carbons (Fsp3) is 0.950. The molecule has 0 heterocycles. The van der Waals surface area contributed by atoms with Crippen LogP contribution in [0.5, 0.6) is 0 Å². The predicted molar refractivity (Wildman–Crippen MR) is 404 cm³/mol. The number of hydrogen-bond acceptors (Lipinski definition) is 15. The van der Waals surface area contributed by atoms with Gasteiger partial charge in [0, 0.05) is 25.7 Å². The predicted octanol–water partition coefficient (Wildman–Crippen LogP) is 23.6. The van der Waals surface area contributed by atoms with Crippen LogP contribution in [0.15, 0.2) is 0 Å². The molecule has 4 unspecified atom stereocenters. The average molecular weight is 1450 g/mol. The van der Waals surface area contributed by atoms with Crippen LogP contribution >= 0.6 is 15.6 Å². The molecule has 3 N–H and O–H groups in total. The van der Waals surface area contributed by atoms with Gasteiger partial charge in [-0.2, -0.15) is 0 Å². The third-order valence-electron chi connectivity index (χ3n) is 19.3. The van der Waals surface area contributed by atoms with Crippen LogP contribution in [0, 0.1) is 23.7 Å². The molecule has 0 radical (unpaired) electrons. The number of ether oxygens (including phenoxy) is 4. The van der Waals surface area contributed by atoms with Crippen LogP contribution in [-0.2, 0) is 65.4 Å². The average Bonchev–Trinajstić information content (AvgIpc) is 0.990. The number of hydrogen-bond donors (Lipinski definition) is 3. The molecule has 19 heteroatoms. The Morgan fingerprint density at radius 1 is 0.283 bits per heavy atom. The minimum absolute atomic E-state index is 0.105. The molecule has 99 heavy (non-hydrogen) atoms. The van der Waals surface area contributed by atoms with Crippen LogP contribution in [0.3, 0.4) is 0 Å². The summed E-state index contributed by atoms with van der Waals surface area (Å²) in [5.74, 6) is 1.01. The van der Waals surface area contributed by atoms with Crippen molar-refractivity contribution < 1.29 is 80.2 Å². The molecule has 0 aromatic carbocycles. The fourth-order valence-corrected chi connectivity index (χ4v) is 13.8. The fourth-order valence-electron chi connectivity index (χ4n) is 12.2. The van der Waals surface area contributed by atoms with Crippen molar-refractivity contribution in [3.05, 3.63) is 0 Å². The molecule has 0 rings (SSSR count). The van der Waals surface area contributed by atoms with E-state index in [4.69, 9.17) is 37.0 Å². The number of aliphatic hydroxyl groups is 1. The highest BCUT2D eigenvalue weighted by atomic mass is 31.2. The first kappa shape index (κ1) is 97.1. The van der Waals surface area contributed by atoms with E-state index in [1.807, 2.05) is 0 Å². The largest absolute Gasteiger partial charge is 0.472 e. The number of phosphoric acid groups is 2. The first-order chi connectivity index (χ1) is 47.7. The zero-order valence-corrected chi connectivity index (χ0v) is 66.9. The van der Waals surface area contributed by atoms with E-state index in [1.165, 1.54) is 205 Å². The Labute approximate surface area is 607 Å². The lowest BCUT2D eigenvalue weighted by molar-refractivity contribution is -0.161. The van der Waals surface area contributed by atoms with Crippen molar-refractivity contribution in [2.24, 2.45) is 23.7 Å². The van der Waals surface area contributed by atoms with Crippen LogP contribution < -0.4 is 0 Å². The lowest BCUT2D eigenvalue weighted by atomic mass is 9.99. The molecule has 0 saturated heterocycles. The highest BCUT2D eigenvalue weighted by Crippen LogP contribution is 2.45. The van der Waals surface area contributed by atoms with Crippen LogP contribution in [0.4, 0.5) is 0 Å². The minimum Gasteiger partial charge on any atom is -0.462 e. The Bertz CT molecular complexity index is 1940. The number of carbonyl (C=O) groups excluding carboxylic acids is 4. The second-order valence-electron chi connectivity index (χ2n) is 30.2. The van der Waals surface area contributed by atoms with Crippen LogP contribution in [0.25, 0.3) is 0 Å². The summed E-state index contributed by atoms with van der Waals surface area (Å²) in [6.07, 6.45) is 55.6. The van der Waals surface area contributed by atoms with Crippen molar-refractivity contribution in [1.82, 2.24) is 0 Å². The van der Waals surface area contributed by atoms with E-state index >= 15 is 0 Å². The van der Waals surface area contributed by atoms with Gasteiger partial charge in [-0.15, -0.1) is 0 Å². The highest BCUT2D eigenvalue weighted by molar-refractivity contribution is 7.47. The van der Waals surface area contributed by atoms with Gasteiger partial charge in [-0.3, -0.25) is 37.3 Å². The molecule has 0 bridgehead atoms. The van der Waals surface area contributed by atoms with Gasteiger partial charge in [0.05, 0.1) is 26.4 Å². The Hall–Kier alpha value is -1.94. The van der Waals surface area contributed by atoms with E-state index in [2.05, 4.69) is 55.4 Å². The summed E-state index contributed by atoms with van der Waals surface area (Å²) in [5, 5.41) is 10.6. The molecule has 0 spiro atoms. The van der Waals surface area contributed by atoms with E-state index < -0.39 is 97.5 Å². The van der Waals surface area contributed by atoms with E-state index in [0.29, 0.717) is 31.6 Å². The molecule has 0 saturated carbocycles. The van der Waals surface area contributed by atoms with Gasteiger partial charge in [0.25, 0.3) is 0 Å². The summed E-state index contributed by atoms with van der Waals surface area (Å²) in [6, 6.07) is 0. The zero-order chi connectivity index (χ0) is 73.1. The van der Waals surface area contributed by atoms with Gasteiger partial charge in [0.15, 0.2) is 12.2 Å². The summed E-state index contributed by atoms with van der Waals surface area (Å²) in [7, 11) is -9.92. The summed E-state index contributed by atoms with van der Waals surface area (Å²) in [5.41, 5.74) is 0. The normalized spacial score (nSPS) is 14.6. The van der Waals surface area contributed by atoms with Gasteiger partial charge in [-0.05, 0) is 49.4 Å². The topological polar surface area (TPSA) is 237 Å². The van der Waals surface area contributed by atoms with Crippen molar-refractivity contribution in [2.75, 3.05) is 39.6 Å². The molecular weight excluding hydrogens is 1290 g/mol. The van der Waals surface area contributed by atoms with E-state index in [1.54, 1.807) is 0 Å². The lowest BCUT2D eigenvalue weighted by Gasteiger charge is -2.21. The van der Waals surface area contributed by atoms with Gasteiger partial charge in [0.2, 0.25) is 0 Å². The van der Waals surface area contributed by atoms with Gasteiger partial charge >= 0.3 is 39.5 Å². The van der Waals surface area contributed by atoms with E-state index in [-0.39, 0.29) is 25.7 Å². The Morgan fingerprint density at radius 3 is 0.717 bits per heavy atom. The number of rotatable bonds is 77. The highest BCUT2D eigenvalue weighted by Gasteiger charge is 2.30. The molecule has 17 nitrogen and oxygen atoms in total. The molecule has 0 fully saturated rings. The molecule has 588 valence electrons. The molecule has 0 aromatic heterocycles. The molecular formula is C80H156O17P2. The van der Waals surface area contributed by atoms with Crippen molar-refractivity contribution in [3.63, 3.8) is 0 Å². The summed E-state index contributed by atoms with van der Waals surface area (Å²) in [4.78, 5) is 72.9. The maximum absolute atomic E-state index is 13.1. The number of aliphatic hydroxyl groups excluding tert-OH is 1. The van der Waals surface area contributed by atoms with Crippen molar-refractivity contribution in [2.45, 2.75) is 427 Å². The Kier molecular flexibility index (Phi) is 67.8. The van der Waals surface area contributed by atoms with Gasteiger partial charge in [0.1, 0.15) is 19.3 Å². The number of carbonyl (C=O) groups is 4. The zero-order valence-electron chi connectivity index (χ0n) is 65.1. The van der Waals surface area contributed by atoms with Gasteiger partial charge in [-0.1, -0.05) is 357 Å². The molecule has 0 aliphatic rings. The molecule has 0 aliphatic heterocycles. The standard InChI is InChI=1S/C80H156O17P2/c1-9-72(7)58-50-42-33-27-21-17-15-13-11-12-14-16-18-22-30-36-46-54-62-79(84)96-75(66-90-77(82)60-52-44-35-29-25-24-28-34-43-51-59-73(8)10-2)68-94-98(86,87)92-64-74(81)65-93-99(88,89)95-69-76(67-91-78(83)61-53-45-39-38-41-49-57-71(5)6)97-80(85)63-55-47-37-31-23-19-20-26-32-40-48-56-70(3)4/h70-76,81H,9-69H2,1-8H3,(H,86,87)(H,88,89)/t72?,73?,74-,75-,76-/m1/s1.